The quantitative estimate of drug-likeness (QED) is 0.248. The summed E-state index contributed by atoms with van der Waals surface area (Å²) < 4.78 is 2.06. The average molecular weight is 554 g/mol. The van der Waals surface area contributed by atoms with Gasteiger partial charge in [0.1, 0.15) is 0 Å². The number of nitrogens with zero attached hydrogens (tertiary/aromatic N) is 3. The van der Waals surface area contributed by atoms with Crippen molar-refractivity contribution in [2.45, 2.75) is 39.3 Å². The van der Waals surface area contributed by atoms with Crippen molar-refractivity contribution < 1.29 is 14.7 Å². The van der Waals surface area contributed by atoms with Crippen molar-refractivity contribution in [3.63, 3.8) is 0 Å². The SMILES string of the molecule is Cc1ccc(NC(=O)CCN2C(=S)N[C@H](c3ccccn3)[C@@H]2c2cc(C)n(-c3cccc(C(=O)O)c3)c2C)cc1. The molecule has 2 aromatic heterocycles. The second-order valence-corrected chi connectivity index (χ2v) is 10.4. The number of nitrogens with one attached hydrogen (secondary N) is 2. The van der Waals surface area contributed by atoms with E-state index in [1.165, 1.54) is 0 Å². The van der Waals surface area contributed by atoms with E-state index in [-0.39, 0.29) is 30.0 Å². The number of aryl methyl sites for hydroxylation is 2. The van der Waals surface area contributed by atoms with Crippen molar-refractivity contribution in [3.05, 3.63) is 113 Å². The number of aromatic nitrogens is 2. The molecule has 0 unspecified atom stereocenters. The predicted octanol–water partition coefficient (Wildman–Crippen LogP) is 5.50. The molecule has 2 atom stereocenters. The molecule has 4 aromatic rings. The van der Waals surface area contributed by atoms with E-state index in [0.717, 1.165) is 39.6 Å². The Morgan fingerprint density at radius 3 is 2.50 bits per heavy atom. The first-order chi connectivity index (χ1) is 19.2. The number of aromatic carboxylic acids is 1. The van der Waals surface area contributed by atoms with Gasteiger partial charge in [0.15, 0.2) is 5.11 Å². The Balaban J connectivity index is 1.48. The summed E-state index contributed by atoms with van der Waals surface area (Å²) in [5.41, 5.74) is 6.68. The van der Waals surface area contributed by atoms with Crippen LogP contribution < -0.4 is 10.6 Å². The van der Waals surface area contributed by atoms with E-state index in [1.54, 1.807) is 24.4 Å². The molecule has 1 fully saturated rings. The van der Waals surface area contributed by atoms with Crippen molar-refractivity contribution in [2.75, 3.05) is 11.9 Å². The highest BCUT2D eigenvalue weighted by Gasteiger charge is 2.41. The normalized spacial score (nSPS) is 16.6. The van der Waals surface area contributed by atoms with Gasteiger partial charge in [-0.2, -0.15) is 0 Å². The van der Waals surface area contributed by atoms with Crippen molar-refractivity contribution in [1.82, 2.24) is 19.8 Å². The third kappa shape index (κ3) is 5.46. The van der Waals surface area contributed by atoms with Gasteiger partial charge in [0, 0.05) is 41.9 Å². The molecule has 1 amide bonds. The summed E-state index contributed by atoms with van der Waals surface area (Å²) in [7, 11) is 0. The van der Waals surface area contributed by atoms with Crippen LogP contribution >= 0.6 is 12.2 Å². The minimum absolute atomic E-state index is 0.0948. The lowest BCUT2D eigenvalue weighted by molar-refractivity contribution is -0.116. The number of hydrogen-bond donors (Lipinski definition) is 3. The van der Waals surface area contributed by atoms with Crippen LogP contribution in [0.25, 0.3) is 5.69 Å². The zero-order valence-corrected chi connectivity index (χ0v) is 23.4. The third-order valence-corrected chi connectivity index (χ3v) is 7.61. The zero-order valence-electron chi connectivity index (χ0n) is 22.6. The summed E-state index contributed by atoms with van der Waals surface area (Å²) in [4.78, 5) is 31.2. The summed E-state index contributed by atoms with van der Waals surface area (Å²) in [6.45, 7) is 6.44. The molecule has 1 saturated heterocycles. The second-order valence-electron chi connectivity index (χ2n) is 10.0. The van der Waals surface area contributed by atoms with Crippen LogP contribution in [0.5, 0.6) is 0 Å². The van der Waals surface area contributed by atoms with E-state index >= 15 is 0 Å². The first kappa shape index (κ1) is 27.1. The van der Waals surface area contributed by atoms with E-state index in [2.05, 4.69) is 31.2 Å². The molecule has 9 heteroatoms. The smallest absolute Gasteiger partial charge is 0.335 e. The molecule has 204 valence electrons. The maximum atomic E-state index is 12.9. The second kappa shape index (κ2) is 11.3. The lowest BCUT2D eigenvalue weighted by atomic mass is 9.96. The molecule has 1 aliphatic rings. The number of carboxylic acid groups (broad SMARTS) is 1. The molecule has 1 aliphatic heterocycles. The van der Waals surface area contributed by atoms with Gasteiger partial charge >= 0.3 is 5.97 Å². The van der Waals surface area contributed by atoms with Gasteiger partial charge in [0.25, 0.3) is 0 Å². The number of rotatable bonds is 8. The summed E-state index contributed by atoms with van der Waals surface area (Å²) in [5, 5.41) is 16.5. The van der Waals surface area contributed by atoms with E-state index in [9.17, 15) is 14.7 Å². The Kier molecular flexibility index (Phi) is 7.66. The lowest BCUT2D eigenvalue weighted by Gasteiger charge is -2.28. The number of carbonyl (C=O) groups excluding carboxylic acids is 1. The van der Waals surface area contributed by atoms with E-state index < -0.39 is 5.97 Å². The van der Waals surface area contributed by atoms with Crippen LogP contribution in [0, 0.1) is 20.8 Å². The van der Waals surface area contributed by atoms with E-state index in [1.807, 2.05) is 69.3 Å². The Morgan fingerprint density at radius 1 is 1.02 bits per heavy atom. The summed E-state index contributed by atoms with van der Waals surface area (Å²) in [6, 6.07) is 22.1. The van der Waals surface area contributed by atoms with E-state index in [0.29, 0.717) is 11.7 Å². The standard InChI is InChI=1S/C31H31N5O3S/c1-19-10-12-23(13-11-19)33-27(37)14-16-35-29(28(34-31(35)40)26-9-4-5-15-32-26)25-17-20(2)36(21(25)3)24-8-6-7-22(18-24)30(38)39/h4-13,15,17-18,28-29H,14,16H2,1-3H3,(H,33,37)(H,34,40)(H,38,39)/t28-,29+/m1/s1. The van der Waals surface area contributed by atoms with Crippen molar-refractivity contribution in [2.24, 2.45) is 0 Å². The molecule has 0 saturated carbocycles. The van der Waals surface area contributed by atoms with Crippen LogP contribution in [-0.4, -0.2) is 43.1 Å². The van der Waals surface area contributed by atoms with Crippen LogP contribution in [0.2, 0.25) is 0 Å². The summed E-state index contributed by atoms with van der Waals surface area (Å²) >= 11 is 5.80. The fourth-order valence-electron chi connectivity index (χ4n) is 5.33. The molecule has 0 bridgehead atoms. The van der Waals surface area contributed by atoms with Crippen molar-refractivity contribution >= 4 is 34.9 Å². The Hall–Kier alpha value is -4.50. The van der Waals surface area contributed by atoms with Gasteiger partial charge < -0.3 is 25.2 Å². The fourth-order valence-corrected chi connectivity index (χ4v) is 5.66. The minimum atomic E-state index is -0.972. The topological polar surface area (TPSA) is 99.5 Å². The molecule has 0 aliphatic carbocycles. The largest absolute Gasteiger partial charge is 0.478 e. The molecule has 0 spiro atoms. The average Bonchev–Trinajstić information content (AvgIpc) is 3.43. The zero-order chi connectivity index (χ0) is 28.4. The molecule has 5 rings (SSSR count). The minimum Gasteiger partial charge on any atom is -0.478 e. The molecule has 2 aromatic carbocycles. The Labute approximate surface area is 238 Å². The predicted molar refractivity (Wildman–Crippen MR) is 159 cm³/mol. The van der Waals surface area contributed by atoms with Crippen molar-refractivity contribution in [1.29, 1.82) is 0 Å². The maximum Gasteiger partial charge on any atom is 0.335 e. The van der Waals surface area contributed by atoms with Crippen LogP contribution in [0.3, 0.4) is 0 Å². The van der Waals surface area contributed by atoms with Gasteiger partial charge in [-0.05, 0) is 87.1 Å². The highest BCUT2D eigenvalue weighted by atomic mass is 32.1. The molecule has 3 heterocycles. The van der Waals surface area contributed by atoms with Gasteiger partial charge in [-0.15, -0.1) is 0 Å². The van der Waals surface area contributed by atoms with E-state index in [4.69, 9.17) is 12.2 Å². The Bertz CT molecular complexity index is 1570. The van der Waals surface area contributed by atoms with Crippen LogP contribution in [0.1, 0.15) is 57.1 Å². The first-order valence-electron chi connectivity index (χ1n) is 13.1. The van der Waals surface area contributed by atoms with Crippen molar-refractivity contribution in [3.8, 4) is 5.69 Å². The molecule has 8 nitrogen and oxygen atoms in total. The molecular formula is C31H31N5O3S. The van der Waals surface area contributed by atoms with Gasteiger partial charge in [0.05, 0.1) is 23.3 Å². The number of thiocarbonyl (C=S) groups is 1. The molecular weight excluding hydrogens is 522 g/mol. The third-order valence-electron chi connectivity index (χ3n) is 7.25. The Morgan fingerprint density at radius 2 is 1.80 bits per heavy atom. The maximum absolute atomic E-state index is 12.9. The lowest BCUT2D eigenvalue weighted by Crippen LogP contribution is -2.32. The molecule has 40 heavy (non-hydrogen) atoms. The number of amides is 1. The van der Waals surface area contributed by atoms with Crippen LogP contribution in [0.15, 0.2) is 79.0 Å². The van der Waals surface area contributed by atoms with Gasteiger partial charge in [0.2, 0.25) is 5.91 Å². The molecule has 0 radical (unpaired) electrons. The fraction of sp³-hybridized carbons (Fsp3) is 0.226. The highest BCUT2D eigenvalue weighted by molar-refractivity contribution is 7.80. The van der Waals surface area contributed by atoms with Crippen LogP contribution in [0.4, 0.5) is 5.69 Å². The summed E-state index contributed by atoms with van der Waals surface area (Å²) in [5.74, 6) is -1.07. The number of benzene rings is 2. The number of carboxylic acids is 1. The number of anilines is 1. The van der Waals surface area contributed by atoms with Gasteiger partial charge in [-0.1, -0.05) is 29.8 Å². The summed E-state index contributed by atoms with van der Waals surface area (Å²) in [6.07, 6.45) is 2.01. The number of pyridine rings is 1. The highest BCUT2D eigenvalue weighted by Crippen LogP contribution is 2.41. The molecule has 3 N–H and O–H groups in total. The number of carbonyl (C=O) groups is 2. The van der Waals surface area contributed by atoms with Crippen LogP contribution in [-0.2, 0) is 4.79 Å². The van der Waals surface area contributed by atoms with Gasteiger partial charge in [-0.3, -0.25) is 9.78 Å². The monoisotopic (exact) mass is 553 g/mol. The van der Waals surface area contributed by atoms with Gasteiger partial charge in [-0.25, -0.2) is 4.79 Å². The number of hydrogen-bond acceptors (Lipinski definition) is 4. The first-order valence-corrected chi connectivity index (χ1v) is 13.5.